The van der Waals surface area contributed by atoms with Crippen LogP contribution in [-0.4, -0.2) is 37.2 Å². The molecule has 0 aliphatic rings. The van der Waals surface area contributed by atoms with Crippen molar-refractivity contribution in [2.24, 2.45) is 0 Å². The number of hydrogen-bond donors (Lipinski definition) is 1. The predicted octanol–water partition coefficient (Wildman–Crippen LogP) is 2.10. The lowest BCUT2D eigenvalue weighted by Gasteiger charge is -2.11. The molecule has 102 valence electrons. The van der Waals surface area contributed by atoms with Gasteiger partial charge < -0.3 is 10.2 Å². The summed E-state index contributed by atoms with van der Waals surface area (Å²) in [7, 11) is 3.50. The van der Waals surface area contributed by atoms with Crippen LogP contribution in [0.4, 0.5) is 0 Å². The lowest BCUT2D eigenvalue weighted by molar-refractivity contribution is -0.117. The number of amides is 1. The molecule has 1 N–H and O–H groups in total. The molecule has 1 amide bonds. The molecule has 5 heteroatoms. The molecule has 19 heavy (non-hydrogen) atoms. The highest BCUT2D eigenvalue weighted by molar-refractivity contribution is 6.37. The summed E-state index contributed by atoms with van der Waals surface area (Å²) in [4.78, 5) is 26.0. The standard InChI is InChI=1S/C14H17ClN2O2/c1-4-16-14(19)11(9-17(2)3)13(18)10-7-5-6-8-12(10)15/h5-9H,4H2,1-3H3,(H,16,19)/b11-9-. The highest BCUT2D eigenvalue weighted by Crippen LogP contribution is 2.19. The summed E-state index contributed by atoms with van der Waals surface area (Å²) in [6, 6.07) is 6.68. The van der Waals surface area contributed by atoms with Gasteiger partial charge in [0, 0.05) is 32.4 Å². The van der Waals surface area contributed by atoms with Crippen molar-refractivity contribution in [2.75, 3.05) is 20.6 Å². The monoisotopic (exact) mass is 280 g/mol. The fraction of sp³-hybridized carbons (Fsp3) is 0.286. The molecule has 0 saturated carbocycles. The van der Waals surface area contributed by atoms with Crippen molar-refractivity contribution < 1.29 is 9.59 Å². The van der Waals surface area contributed by atoms with Gasteiger partial charge in [-0.1, -0.05) is 23.7 Å². The number of likely N-dealkylation sites (N-methyl/N-ethyl adjacent to an activating group) is 1. The first-order valence-corrected chi connectivity index (χ1v) is 6.30. The van der Waals surface area contributed by atoms with Crippen molar-refractivity contribution in [2.45, 2.75) is 6.92 Å². The zero-order valence-electron chi connectivity index (χ0n) is 11.2. The zero-order valence-corrected chi connectivity index (χ0v) is 12.0. The van der Waals surface area contributed by atoms with E-state index in [1.54, 1.807) is 50.2 Å². The Bertz CT molecular complexity index is 510. The molecule has 0 aliphatic heterocycles. The smallest absolute Gasteiger partial charge is 0.256 e. The SMILES string of the molecule is CCNC(=O)/C(=C\N(C)C)C(=O)c1ccccc1Cl. The van der Waals surface area contributed by atoms with Gasteiger partial charge in [-0.25, -0.2) is 0 Å². The van der Waals surface area contributed by atoms with Gasteiger partial charge in [-0.05, 0) is 19.1 Å². The van der Waals surface area contributed by atoms with Crippen molar-refractivity contribution >= 4 is 23.3 Å². The van der Waals surface area contributed by atoms with E-state index in [4.69, 9.17) is 11.6 Å². The Morgan fingerprint density at radius 2 is 1.95 bits per heavy atom. The Morgan fingerprint density at radius 1 is 1.32 bits per heavy atom. The third-order valence-electron chi connectivity index (χ3n) is 2.33. The number of nitrogens with zero attached hydrogens (tertiary/aromatic N) is 1. The number of carbonyl (C=O) groups excluding carboxylic acids is 2. The number of benzene rings is 1. The summed E-state index contributed by atoms with van der Waals surface area (Å²) in [5.41, 5.74) is 0.392. The largest absolute Gasteiger partial charge is 0.383 e. The van der Waals surface area contributed by atoms with Crippen LogP contribution in [0.15, 0.2) is 36.0 Å². The van der Waals surface area contributed by atoms with Crippen molar-refractivity contribution in [1.82, 2.24) is 10.2 Å². The van der Waals surface area contributed by atoms with E-state index in [-0.39, 0.29) is 11.4 Å². The first-order chi connectivity index (χ1) is 8.97. The van der Waals surface area contributed by atoms with Crippen LogP contribution in [0.1, 0.15) is 17.3 Å². The van der Waals surface area contributed by atoms with E-state index in [0.29, 0.717) is 17.1 Å². The molecule has 0 spiro atoms. The van der Waals surface area contributed by atoms with Crippen molar-refractivity contribution in [1.29, 1.82) is 0 Å². The van der Waals surface area contributed by atoms with Gasteiger partial charge in [0.1, 0.15) is 5.57 Å². The molecular weight excluding hydrogens is 264 g/mol. The number of nitrogens with one attached hydrogen (secondary N) is 1. The second kappa shape index (κ2) is 6.95. The number of ketones is 1. The Balaban J connectivity index is 3.16. The van der Waals surface area contributed by atoms with Crippen LogP contribution in [0.3, 0.4) is 0 Å². The fourth-order valence-corrected chi connectivity index (χ4v) is 1.75. The van der Waals surface area contributed by atoms with Crippen molar-refractivity contribution in [3.8, 4) is 0 Å². The van der Waals surface area contributed by atoms with Crippen molar-refractivity contribution in [3.05, 3.63) is 46.6 Å². The first kappa shape index (κ1) is 15.2. The summed E-state index contributed by atoms with van der Waals surface area (Å²) < 4.78 is 0. The Hall–Kier alpha value is -1.81. The summed E-state index contributed by atoms with van der Waals surface area (Å²) in [6.07, 6.45) is 1.50. The van der Waals surface area contributed by atoms with Crippen LogP contribution >= 0.6 is 11.6 Å². The van der Waals surface area contributed by atoms with E-state index < -0.39 is 5.91 Å². The van der Waals surface area contributed by atoms with E-state index in [1.165, 1.54) is 6.20 Å². The summed E-state index contributed by atoms with van der Waals surface area (Å²) in [6.45, 7) is 2.25. The van der Waals surface area contributed by atoms with Gasteiger partial charge in [-0.3, -0.25) is 9.59 Å². The van der Waals surface area contributed by atoms with Gasteiger partial charge in [-0.2, -0.15) is 0 Å². The molecule has 0 fully saturated rings. The molecule has 4 nitrogen and oxygen atoms in total. The van der Waals surface area contributed by atoms with Gasteiger partial charge in [-0.15, -0.1) is 0 Å². The fourth-order valence-electron chi connectivity index (χ4n) is 1.52. The van der Waals surface area contributed by atoms with E-state index in [2.05, 4.69) is 5.32 Å². The maximum Gasteiger partial charge on any atom is 0.256 e. The van der Waals surface area contributed by atoms with Crippen LogP contribution in [0.2, 0.25) is 5.02 Å². The average molecular weight is 281 g/mol. The van der Waals surface area contributed by atoms with Crippen LogP contribution in [0.25, 0.3) is 0 Å². The molecule has 0 heterocycles. The van der Waals surface area contributed by atoms with E-state index >= 15 is 0 Å². The molecule has 0 aromatic heterocycles. The van der Waals surface area contributed by atoms with Gasteiger partial charge in [0.05, 0.1) is 5.02 Å². The van der Waals surface area contributed by atoms with E-state index in [1.807, 2.05) is 0 Å². The minimum Gasteiger partial charge on any atom is -0.383 e. The van der Waals surface area contributed by atoms with Crippen LogP contribution in [-0.2, 0) is 4.79 Å². The second-order valence-electron chi connectivity index (χ2n) is 4.17. The van der Waals surface area contributed by atoms with Crippen LogP contribution < -0.4 is 5.32 Å². The van der Waals surface area contributed by atoms with E-state index in [0.717, 1.165) is 0 Å². The summed E-state index contributed by atoms with van der Waals surface area (Å²) in [5, 5.41) is 2.96. The van der Waals surface area contributed by atoms with Crippen LogP contribution in [0.5, 0.6) is 0 Å². The first-order valence-electron chi connectivity index (χ1n) is 5.93. The molecule has 1 rings (SSSR count). The second-order valence-corrected chi connectivity index (χ2v) is 4.58. The molecule has 0 aliphatic carbocycles. The molecule has 1 aromatic rings. The van der Waals surface area contributed by atoms with Gasteiger partial charge in [0.15, 0.2) is 0 Å². The molecule has 0 saturated heterocycles. The Labute approximate surface area is 118 Å². The number of halogens is 1. The minimum atomic E-state index is -0.402. The van der Waals surface area contributed by atoms with E-state index in [9.17, 15) is 9.59 Å². The Morgan fingerprint density at radius 3 is 2.47 bits per heavy atom. The average Bonchev–Trinajstić information content (AvgIpc) is 2.36. The van der Waals surface area contributed by atoms with Crippen molar-refractivity contribution in [3.63, 3.8) is 0 Å². The highest BCUT2D eigenvalue weighted by atomic mass is 35.5. The number of rotatable bonds is 5. The van der Waals surface area contributed by atoms with Gasteiger partial charge in [0.25, 0.3) is 5.91 Å². The number of hydrogen-bond acceptors (Lipinski definition) is 3. The lowest BCUT2D eigenvalue weighted by Crippen LogP contribution is -2.29. The molecule has 0 radical (unpaired) electrons. The molecule has 1 aromatic carbocycles. The lowest BCUT2D eigenvalue weighted by atomic mass is 10.0. The summed E-state index contributed by atoms with van der Waals surface area (Å²) in [5.74, 6) is -0.786. The molecule has 0 unspecified atom stereocenters. The van der Waals surface area contributed by atoms with Gasteiger partial charge in [0.2, 0.25) is 5.78 Å². The summed E-state index contributed by atoms with van der Waals surface area (Å²) >= 11 is 5.99. The zero-order chi connectivity index (χ0) is 14.4. The van der Waals surface area contributed by atoms with Crippen LogP contribution in [0, 0.1) is 0 Å². The molecular formula is C14H17ClN2O2. The topological polar surface area (TPSA) is 49.4 Å². The highest BCUT2D eigenvalue weighted by Gasteiger charge is 2.21. The normalized spacial score (nSPS) is 11.1. The molecule has 0 atom stereocenters. The quantitative estimate of drug-likeness (QED) is 0.389. The third kappa shape index (κ3) is 4.10. The maximum atomic E-state index is 12.4. The predicted molar refractivity (Wildman–Crippen MR) is 76.2 cm³/mol. The molecule has 0 bridgehead atoms. The number of carbonyl (C=O) groups is 2. The Kier molecular flexibility index (Phi) is 5.57. The third-order valence-corrected chi connectivity index (χ3v) is 2.66. The minimum absolute atomic E-state index is 0.0694. The number of Topliss-reactive ketones (excluding diaryl/α,β-unsaturated/α-hetero) is 1. The van der Waals surface area contributed by atoms with Gasteiger partial charge >= 0.3 is 0 Å². The maximum absolute atomic E-state index is 12.4.